The van der Waals surface area contributed by atoms with Crippen LogP contribution in [0.1, 0.15) is 0 Å². The van der Waals surface area contributed by atoms with Crippen molar-refractivity contribution in [3.8, 4) is 5.75 Å². The van der Waals surface area contributed by atoms with Gasteiger partial charge in [-0.05, 0) is 28.1 Å². The zero-order chi connectivity index (χ0) is 9.26. The van der Waals surface area contributed by atoms with Crippen LogP contribution in [0, 0.1) is 0 Å². The molecule has 0 atom stereocenters. The first-order valence-corrected chi connectivity index (χ1v) is 4.69. The highest BCUT2D eigenvalue weighted by Crippen LogP contribution is 2.28. The number of aromatic nitrogens is 1. The van der Waals surface area contributed by atoms with Gasteiger partial charge in [-0.3, -0.25) is 4.98 Å². The highest BCUT2D eigenvalue weighted by Gasteiger charge is 2.02. The van der Waals surface area contributed by atoms with Gasteiger partial charge in [-0.25, -0.2) is 0 Å². The normalized spacial score (nSPS) is 10.3. The summed E-state index contributed by atoms with van der Waals surface area (Å²) >= 11 is 3.42. The van der Waals surface area contributed by atoms with E-state index in [9.17, 15) is 0 Å². The molecule has 0 saturated carbocycles. The Morgan fingerprint density at radius 3 is 3.00 bits per heavy atom. The van der Waals surface area contributed by atoms with Crippen LogP contribution in [-0.4, -0.2) is 12.1 Å². The summed E-state index contributed by atoms with van der Waals surface area (Å²) in [5.74, 6) is 0.811. The van der Waals surface area contributed by atoms with Gasteiger partial charge in [-0.1, -0.05) is 6.07 Å². The van der Waals surface area contributed by atoms with Crippen molar-refractivity contribution in [1.82, 2.24) is 4.98 Å². The Balaban J connectivity index is 2.74. The highest BCUT2D eigenvalue weighted by atomic mass is 79.9. The van der Waals surface area contributed by atoms with Crippen molar-refractivity contribution in [2.24, 2.45) is 0 Å². The average Bonchev–Trinajstić information content (AvgIpc) is 2.17. The van der Waals surface area contributed by atoms with Crippen LogP contribution in [0.25, 0.3) is 10.9 Å². The van der Waals surface area contributed by atoms with Crippen molar-refractivity contribution in [2.75, 3.05) is 7.11 Å². The maximum Gasteiger partial charge on any atom is 0.135 e. The van der Waals surface area contributed by atoms with Gasteiger partial charge >= 0.3 is 0 Å². The lowest BCUT2D eigenvalue weighted by Gasteiger charge is -2.04. The molecule has 0 radical (unpaired) electrons. The molecule has 2 rings (SSSR count). The number of ether oxygens (including phenoxy) is 1. The van der Waals surface area contributed by atoms with Crippen molar-refractivity contribution in [3.05, 3.63) is 34.9 Å². The summed E-state index contributed by atoms with van der Waals surface area (Å²) < 4.78 is 6.12. The zero-order valence-corrected chi connectivity index (χ0v) is 8.71. The number of halogens is 1. The minimum absolute atomic E-state index is 0.811. The Bertz CT molecular complexity index is 442. The van der Waals surface area contributed by atoms with E-state index in [0.717, 1.165) is 21.1 Å². The minimum Gasteiger partial charge on any atom is -0.495 e. The SMILES string of the molecule is COc1cc2ncccc2cc1Br. The van der Waals surface area contributed by atoms with Gasteiger partial charge in [0, 0.05) is 17.6 Å². The van der Waals surface area contributed by atoms with Crippen molar-refractivity contribution >= 4 is 26.8 Å². The number of benzene rings is 1. The number of methoxy groups -OCH3 is 1. The highest BCUT2D eigenvalue weighted by molar-refractivity contribution is 9.10. The van der Waals surface area contributed by atoms with Gasteiger partial charge in [0.15, 0.2) is 0 Å². The third kappa shape index (κ3) is 1.52. The van der Waals surface area contributed by atoms with Gasteiger partial charge < -0.3 is 4.74 Å². The van der Waals surface area contributed by atoms with Crippen LogP contribution in [0.4, 0.5) is 0 Å². The summed E-state index contributed by atoms with van der Waals surface area (Å²) in [4.78, 5) is 4.23. The molecule has 0 bridgehead atoms. The first kappa shape index (κ1) is 8.51. The summed E-state index contributed by atoms with van der Waals surface area (Å²) in [6, 6.07) is 7.86. The van der Waals surface area contributed by atoms with Crippen LogP contribution in [0.2, 0.25) is 0 Å². The van der Waals surface area contributed by atoms with Gasteiger partial charge in [0.2, 0.25) is 0 Å². The zero-order valence-electron chi connectivity index (χ0n) is 7.12. The Hall–Kier alpha value is -1.09. The Morgan fingerprint density at radius 1 is 1.38 bits per heavy atom. The van der Waals surface area contributed by atoms with Crippen molar-refractivity contribution < 1.29 is 4.74 Å². The third-order valence-corrected chi connectivity index (χ3v) is 2.50. The molecular weight excluding hydrogens is 230 g/mol. The molecule has 13 heavy (non-hydrogen) atoms. The maximum absolute atomic E-state index is 5.17. The number of hydrogen-bond donors (Lipinski definition) is 0. The molecule has 3 heteroatoms. The molecule has 1 aromatic heterocycles. The van der Waals surface area contributed by atoms with Gasteiger partial charge in [-0.2, -0.15) is 0 Å². The molecular formula is C10H8BrNO. The Labute approximate surface area is 84.7 Å². The van der Waals surface area contributed by atoms with E-state index in [2.05, 4.69) is 20.9 Å². The summed E-state index contributed by atoms with van der Waals surface area (Å²) in [6.45, 7) is 0. The fraction of sp³-hybridized carbons (Fsp3) is 0.100. The minimum atomic E-state index is 0.811. The summed E-state index contributed by atoms with van der Waals surface area (Å²) in [5.41, 5.74) is 0.947. The van der Waals surface area contributed by atoms with E-state index in [1.807, 2.05) is 24.3 Å². The number of rotatable bonds is 1. The first-order valence-electron chi connectivity index (χ1n) is 3.89. The molecule has 1 heterocycles. The maximum atomic E-state index is 5.17. The van der Waals surface area contributed by atoms with Gasteiger partial charge in [0.05, 0.1) is 17.1 Å². The molecule has 0 aliphatic heterocycles. The predicted molar refractivity (Wildman–Crippen MR) is 56.0 cm³/mol. The molecule has 2 nitrogen and oxygen atoms in total. The van der Waals surface area contributed by atoms with E-state index in [0.29, 0.717) is 0 Å². The molecule has 2 aromatic rings. The first-order chi connectivity index (χ1) is 6.31. The van der Waals surface area contributed by atoms with Crippen molar-refractivity contribution in [2.45, 2.75) is 0 Å². The van der Waals surface area contributed by atoms with E-state index in [1.54, 1.807) is 13.3 Å². The molecule has 0 unspecified atom stereocenters. The molecule has 1 aromatic carbocycles. The van der Waals surface area contributed by atoms with Crippen molar-refractivity contribution in [3.63, 3.8) is 0 Å². The third-order valence-electron chi connectivity index (χ3n) is 1.88. The second-order valence-corrected chi connectivity index (χ2v) is 3.54. The standard InChI is InChI=1S/C10H8BrNO/c1-13-10-6-9-7(5-8(10)11)3-2-4-12-9/h2-6H,1H3. The molecule has 0 N–H and O–H groups in total. The second-order valence-electron chi connectivity index (χ2n) is 2.68. The number of nitrogens with zero attached hydrogens (tertiary/aromatic N) is 1. The van der Waals surface area contributed by atoms with Gasteiger partial charge in [0.25, 0.3) is 0 Å². The summed E-state index contributed by atoms with van der Waals surface area (Å²) in [6.07, 6.45) is 1.77. The lowest BCUT2D eigenvalue weighted by Crippen LogP contribution is -1.85. The van der Waals surface area contributed by atoms with E-state index in [-0.39, 0.29) is 0 Å². The van der Waals surface area contributed by atoms with E-state index in [4.69, 9.17) is 4.74 Å². The number of hydrogen-bond acceptors (Lipinski definition) is 2. The molecule has 0 amide bonds. The molecule has 0 saturated heterocycles. The number of fused-ring (bicyclic) bond motifs is 1. The van der Waals surface area contributed by atoms with Crippen LogP contribution in [-0.2, 0) is 0 Å². The van der Waals surface area contributed by atoms with E-state index < -0.39 is 0 Å². The number of pyridine rings is 1. The Morgan fingerprint density at radius 2 is 2.23 bits per heavy atom. The molecule has 0 aliphatic rings. The average molecular weight is 238 g/mol. The Kier molecular flexibility index (Phi) is 2.19. The largest absolute Gasteiger partial charge is 0.495 e. The van der Waals surface area contributed by atoms with Crippen LogP contribution >= 0.6 is 15.9 Å². The topological polar surface area (TPSA) is 22.1 Å². The lowest BCUT2D eigenvalue weighted by molar-refractivity contribution is 0.412. The predicted octanol–water partition coefficient (Wildman–Crippen LogP) is 3.01. The van der Waals surface area contributed by atoms with Crippen LogP contribution in [0.15, 0.2) is 34.9 Å². The van der Waals surface area contributed by atoms with E-state index >= 15 is 0 Å². The van der Waals surface area contributed by atoms with Crippen LogP contribution < -0.4 is 4.74 Å². The summed E-state index contributed by atoms with van der Waals surface area (Å²) in [5, 5.41) is 1.11. The molecule has 0 aliphatic carbocycles. The van der Waals surface area contributed by atoms with Crippen LogP contribution in [0.5, 0.6) is 5.75 Å². The van der Waals surface area contributed by atoms with E-state index in [1.165, 1.54) is 0 Å². The van der Waals surface area contributed by atoms with Crippen LogP contribution in [0.3, 0.4) is 0 Å². The molecule has 66 valence electrons. The van der Waals surface area contributed by atoms with Crippen molar-refractivity contribution in [1.29, 1.82) is 0 Å². The molecule has 0 spiro atoms. The van der Waals surface area contributed by atoms with Gasteiger partial charge in [0.1, 0.15) is 5.75 Å². The fourth-order valence-electron chi connectivity index (χ4n) is 1.23. The molecule has 0 fully saturated rings. The summed E-state index contributed by atoms with van der Waals surface area (Å²) in [7, 11) is 1.65. The second kappa shape index (κ2) is 3.34. The fourth-order valence-corrected chi connectivity index (χ4v) is 1.75. The monoisotopic (exact) mass is 237 g/mol. The van der Waals surface area contributed by atoms with Gasteiger partial charge in [-0.15, -0.1) is 0 Å². The quantitative estimate of drug-likeness (QED) is 0.761. The smallest absolute Gasteiger partial charge is 0.135 e. The lowest BCUT2D eigenvalue weighted by atomic mass is 10.2.